The highest BCUT2D eigenvalue weighted by atomic mass is 35.5. The van der Waals surface area contributed by atoms with Crippen LogP contribution < -0.4 is 10.2 Å². The maximum atomic E-state index is 12.2. The Morgan fingerprint density at radius 1 is 1.00 bits per heavy atom. The lowest BCUT2D eigenvalue weighted by Crippen LogP contribution is -2.34. The molecular formula is C29H44ClN3O7. The first-order chi connectivity index (χ1) is 19.2. The molecule has 0 heterocycles. The first-order valence-electron chi connectivity index (χ1n) is 13.6. The van der Waals surface area contributed by atoms with Crippen LogP contribution in [0.4, 0.5) is 10.5 Å². The van der Waals surface area contributed by atoms with E-state index in [1.807, 2.05) is 11.0 Å². The Morgan fingerprint density at radius 3 is 2.30 bits per heavy atom. The molecule has 0 radical (unpaired) electrons. The van der Waals surface area contributed by atoms with Crippen LogP contribution in [-0.2, 0) is 23.7 Å². The molecule has 10 nitrogen and oxygen atoms in total. The summed E-state index contributed by atoms with van der Waals surface area (Å²) >= 11 is 5.64. The minimum absolute atomic E-state index is 0.0832. The van der Waals surface area contributed by atoms with Gasteiger partial charge in [-0.25, -0.2) is 9.59 Å². The molecular weight excluding hydrogens is 538 g/mol. The second-order valence-corrected chi connectivity index (χ2v) is 10.2. The fourth-order valence-corrected chi connectivity index (χ4v) is 3.60. The number of aliphatic hydroxyl groups excluding tert-OH is 1. The minimum atomic E-state index is -0.701. The van der Waals surface area contributed by atoms with E-state index in [4.69, 9.17) is 30.5 Å². The molecule has 0 fully saturated rings. The van der Waals surface area contributed by atoms with Crippen molar-refractivity contribution in [2.24, 2.45) is 0 Å². The number of alkyl carbamates (subject to hydrolysis) is 1. The number of nitriles is 1. The number of hydrogen-bond donors (Lipinski definition) is 2. The van der Waals surface area contributed by atoms with Crippen molar-refractivity contribution in [2.75, 3.05) is 70.1 Å². The van der Waals surface area contributed by atoms with Crippen molar-refractivity contribution in [1.82, 2.24) is 5.32 Å². The van der Waals surface area contributed by atoms with E-state index in [-0.39, 0.29) is 18.8 Å². The van der Waals surface area contributed by atoms with Gasteiger partial charge < -0.3 is 34.3 Å². The van der Waals surface area contributed by atoms with Crippen LogP contribution in [0.3, 0.4) is 0 Å². The maximum Gasteiger partial charge on any atom is 0.407 e. The van der Waals surface area contributed by atoms with Gasteiger partial charge in [-0.2, -0.15) is 5.26 Å². The zero-order valence-corrected chi connectivity index (χ0v) is 24.7. The van der Waals surface area contributed by atoms with E-state index >= 15 is 0 Å². The first kappa shape index (κ1) is 35.2. The number of halogens is 1. The Kier molecular flexibility index (Phi) is 18.5. The molecule has 0 atom stereocenters. The van der Waals surface area contributed by atoms with Crippen molar-refractivity contribution < 1.29 is 33.6 Å². The van der Waals surface area contributed by atoms with E-state index in [2.05, 4.69) is 5.32 Å². The number of anilines is 1. The number of nitrogens with one attached hydrogen (secondary N) is 1. The predicted octanol–water partition coefficient (Wildman–Crippen LogP) is 4.29. The molecule has 0 saturated heterocycles. The zero-order chi connectivity index (χ0) is 29.6. The van der Waals surface area contributed by atoms with Crippen LogP contribution in [0, 0.1) is 11.3 Å². The monoisotopic (exact) mass is 581 g/mol. The summed E-state index contributed by atoms with van der Waals surface area (Å²) in [5.41, 5.74) is 0.639. The van der Waals surface area contributed by atoms with Crippen molar-refractivity contribution in [2.45, 2.75) is 52.1 Å². The number of nitrogens with zero attached hydrogens (tertiary/aromatic N) is 2. The smallest absolute Gasteiger partial charge is 0.407 e. The average Bonchev–Trinajstić information content (AvgIpc) is 2.91. The predicted molar refractivity (Wildman–Crippen MR) is 155 cm³/mol. The van der Waals surface area contributed by atoms with Crippen LogP contribution in [0.25, 0.3) is 6.08 Å². The van der Waals surface area contributed by atoms with E-state index in [1.165, 1.54) is 6.08 Å². The summed E-state index contributed by atoms with van der Waals surface area (Å²) in [7, 11) is 0. The highest BCUT2D eigenvalue weighted by Gasteiger charge is 2.20. The molecule has 0 unspecified atom stereocenters. The number of carbonyl (C=O) groups excluding carboxylic acids is 2. The quantitative estimate of drug-likeness (QED) is 0.0761. The summed E-state index contributed by atoms with van der Waals surface area (Å²) in [6.45, 7) is 8.30. The summed E-state index contributed by atoms with van der Waals surface area (Å²) in [5.74, 6) is 0.0233. The normalized spacial score (nSPS) is 11.6. The highest BCUT2D eigenvalue weighted by molar-refractivity contribution is 6.17. The molecule has 0 aliphatic heterocycles. The Labute approximate surface area is 243 Å². The van der Waals surface area contributed by atoms with Gasteiger partial charge in [-0.3, -0.25) is 0 Å². The van der Waals surface area contributed by atoms with Gasteiger partial charge in [-0.1, -0.05) is 25.0 Å². The molecule has 224 valence electrons. The third-order valence-corrected chi connectivity index (χ3v) is 5.60. The van der Waals surface area contributed by atoms with E-state index in [9.17, 15) is 20.0 Å². The van der Waals surface area contributed by atoms with Crippen LogP contribution in [0.5, 0.6) is 0 Å². The lowest BCUT2D eigenvalue weighted by Gasteiger charge is -2.24. The number of ether oxygens (including phenoxy) is 4. The first-order valence-corrected chi connectivity index (χ1v) is 14.2. The molecule has 1 aromatic rings. The fraction of sp³-hybridized carbons (Fsp3) is 0.621. The SMILES string of the molecule is CC(C)(C)OC(=O)/C(C#N)=C/c1ccc(N(CCO)CCOC(=O)NCCOCCOCCCCCCCl)cc1. The summed E-state index contributed by atoms with van der Waals surface area (Å²) in [4.78, 5) is 26.0. The summed E-state index contributed by atoms with van der Waals surface area (Å²) in [5, 5.41) is 21.4. The number of unbranched alkanes of at least 4 members (excludes halogenated alkanes) is 3. The molecule has 2 N–H and O–H groups in total. The van der Waals surface area contributed by atoms with Crippen LogP contribution in [0.15, 0.2) is 29.8 Å². The largest absolute Gasteiger partial charge is 0.456 e. The van der Waals surface area contributed by atoms with E-state index in [1.54, 1.807) is 45.0 Å². The second kappa shape index (κ2) is 21.0. The van der Waals surface area contributed by atoms with Gasteiger partial charge in [0.2, 0.25) is 0 Å². The van der Waals surface area contributed by atoms with Crippen molar-refractivity contribution in [3.63, 3.8) is 0 Å². The average molecular weight is 582 g/mol. The molecule has 40 heavy (non-hydrogen) atoms. The molecule has 0 saturated carbocycles. The standard InChI is InChI=1S/C29H44ClN3O7/c1-29(2,3)40-27(35)25(23-31)22-24-8-10-26(11-9-24)33(14-16-34)15-19-39-28(36)32-13-18-38-21-20-37-17-7-5-4-6-12-30/h8-11,22,34H,4-7,12-21H2,1-3H3,(H,32,36)/b25-22+. The number of carbonyl (C=O) groups is 2. The number of rotatable bonds is 20. The van der Waals surface area contributed by atoms with Crippen molar-refractivity contribution in [1.29, 1.82) is 5.26 Å². The third-order valence-electron chi connectivity index (χ3n) is 5.33. The minimum Gasteiger partial charge on any atom is -0.456 e. The summed E-state index contributed by atoms with van der Waals surface area (Å²) in [6.07, 6.45) is 5.21. The molecule has 0 spiro atoms. The van der Waals surface area contributed by atoms with Crippen molar-refractivity contribution >= 4 is 35.4 Å². The van der Waals surface area contributed by atoms with Crippen LogP contribution in [-0.4, -0.2) is 87.9 Å². The van der Waals surface area contributed by atoms with Gasteiger partial charge in [0.1, 0.15) is 23.9 Å². The summed E-state index contributed by atoms with van der Waals surface area (Å²) < 4.78 is 21.4. The number of hydrogen-bond acceptors (Lipinski definition) is 9. The van der Waals surface area contributed by atoms with Gasteiger partial charge >= 0.3 is 12.1 Å². The van der Waals surface area contributed by atoms with Crippen LogP contribution in [0.1, 0.15) is 52.0 Å². The molecule has 0 bridgehead atoms. The topological polar surface area (TPSA) is 130 Å². The molecule has 1 rings (SSSR count). The van der Waals surface area contributed by atoms with Crippen molar-refractivity contribution in [3.8, 4) is 6.07 Å². The van der Waals surface area contributed by atoms with Crippen LogP contribution in [0.2, 0.25) is 0 Å². The van der Waals surface area contributed by atoms with Gasteiger partial charge in [0.05, 0.1) is 33.0 Å². The number of esters is 1. The molecule has 0 aliphatic rings. The van der Waals surface area contributed by atoms with Gasteiger partial charge in [-0.05, 0) is 57.4 Å². The molecule has 0 aromatic heterocycles. The molecule has 1 amide bonds. The van der Waals surface area contributed by atoms with Gasteiger partial charge in [-0.15, -0.1) is 11.6 Å². The Morgan fingerprint density at radius 2 is 1.68 bits per heavy atom. The molecule has 0 aliphatic carbocycles. The Hall–Kier alpha value is -2.84. The molecule has 1 aromatic carbocycles. The van der Waals surface area contributed by atoms with E-state index in [0.29, 0.717) is 57.5 Å². The number of alkyl halides is 1. The summed E-state index contributed by atoms with van der Waals surface area (Å²) in [6, 6.07) is 8.99. The lowest BCUT2D eigenvalue weighted by atomic mass is 10.1. The highest BCUT2D eigenvalue weighted by Crippen LogP contribution is 2.18. The Balaban J connectivity index is 2.35. The van der Waals surface area contributed by atoms with Gasteiger partial charge in [0.15, 0.2) is 0 Å². The van der Waals surface area contributed by atoms with E-state index < -0.39 is 17.7 Å². The number of amides is 1. The van der Waals surface area contributed by atoms with Gasteiger partial charge in [0, 0.05) is 31.3 Å². The van der Waals surface area contributed by atoms with Gasteiger partial charge in [0.25, 0.3) is 0 Å². The maximum absolute atomic E-state index is 12.2. The van der Waals surface area contributed by atoms with Crippen LogP contribution >= 0.6 is 11.6 Å². The fourth-order valence-electron chi connectivity index (χ4n) is 3.41. The second-order valence-electron chi connectivity index (χ2n) is 9.86. The number of benzene rings is 1. The van der Waals surface area contributed by atoms with E-state index in [0.717, 1.165) is 31.4 Å². The zero-order valence-electron chi connectivity index (χ0n) is 24.0. The molecule has 11 heteroatoms. The van der Waals surface area contributed by atoms with Crippen molar-refractivity contribution in [3.05, 3.63) is 35.4 Å². The number of aliphatic hydroxyl groups is 1. The lowest BCUT2D eigenvalue weighted by molar-refractivity contribution is -0.149. The Bertz CT molecular complexity index is 927. The third kappa shape index (κ3) is 17.0.